The van der Waals surface area contributed by atoms with Crippen molar-refractivity contribution in [2.45, 2.75) is 20.0 Å². The number of rotatable bonds is 3. The van der Waals surface area contributed by atoms with Crippen LogP contribution in [-0.4, -0.2) is 17.4 Å². The van der Waals surface area contributed by atoms with Crippen LogP contribution < -0.4 is 9.47 Å². The summed E-state index contributed by atoms with van der Waals surface area (Å²) in [4.78, 5) is 15.2. The summed E-state index contributed by atoms with van der Waals surface area (Å²) in [5.41, 5.74) is 4.23. The number of allylic oxidation sites excluding steroid dienone is 1. The molecule has 3 aromatic rings. The quantitative estimate of drug-likeness (QED) is 0.377. The van der Waals surface area contributed by atoms with Crippen molar-refractivity contribution in [3.8, 4) is 11.5 Å². The zero-order chi connectivity index (χ0) is 22.4. The molecule has 3 aromatic carbocycles. The second-order valence-corrected chi connectivity index (χ2v) is 9.12. The summed E-state index contributed by atoms with van der Waals surface area (Å²) in [6, 6.07) is 14.7. The summed E-state index contributed by atoms with van der Waals surface area (Å²) >= 11 is 18.1. The molecule has 2 aliphatic heterocycles. The number of carbonyl (C=O) groups is 1. The largest absolute Gasteiger partial charge is 0.477 e. The molecule has 0 spiro atoms. The fraction of sp³-hybridized carbons (Fsp3) is 0.160. The van der Waals surface area contributed by atoms with E-state index >= 15 is 0 Å². The van der Waals surface area contributed by atoms with Crippen molar-refractivity contribution in [1.29, 1.82) is 0 Å². The van der Waals surface area contributed by atoms with E-state index in [4.69, 9.17) is 44.3 Å². The third-order valence-corrected chi connectivity index (χ3v) is 6.55. The summed E-state index contributed by atoms with van der Waals surface area (Å²) in [6.07, 6.45) is 1.73. The lowest BCUT2D eigenvalue weighted by molar-refractivity contribution is 0.0876. The van der Waals surface area contributed by atoms with Crippen molar-refractivity contribution in [3.63, 3.8) is 0 Å². The minimum Gasteiger partial charge on any atom is -0.477 e. The van der Waals surface area contributed by atoms with Crippen LogP contribution in [0.4, 0.5) is 0 Å². The van der Waals surface area contributed by atoms with Gasteiger partial charge in [-0.2, -0.15) is 0 Å². The van der Waals surface area contributed by atoms with Crippen molar-refractivity contribution in [2.24, 2.45) is 0 Å². The molecule has 4 nitrogen and oxygen atoms in total. The Balaban J connectivity index is 1.41. The highest BCUT2D eigenvalue weighted by molar-refractivity contribution is 6.42. The number of hydrogen-bond donors (Lipinski definition) is 0. The molecule has 0 fully saturated rings. The Kier molecular flexibility index (Phi) is 5.64. The first-order chi connectivity index (χ1) is 15.4. The van der Waals surface area contributed by atoms with Gasteiger partial charge in [0.15, 0.2) is 5.76 Å². The molecule has 0 atom stereocenters. The number of carbonyl (C=O) groups excluding carboxylic acids is 1. The van der Waals surface area contributed by atoms with Crippen LogP contribution in [0.2, 0.25) is 15.1 Å². The summed E-state index contributed by atoms with van der Waals surface area (Å²) < 4.78 is 12.0. The van der Waals surface area contributed by atoms with Gasteiger partial charge in [-0.3, -0.25) is 9.69 Å². The molecular weight excluding hydrogens is 469 g/mol. The van der Waals surface area contributed by atoms with Gasteiger partial charge in [0.1, 0.15) is 18.2 Å². The number of halogens is 3. The van der Waals surface area contributed by atoms with E-state index in [0.29, 0.717) is 52.0 Å². The Bertz CT molecular complexity index is 1270. The van der Waals surface area contributed by atoms with Gasteiger partial charge in [0.05, 0.1) is 15.6 Å². The predicted octanol–water partition coefficient (Wildman–Crippen LogP) is 6.92. The van der Waals surface area contributed by atoms with Crippen molar-refractivity contribution < 1.29 is 14.3 Å². The van der Waals surface area contributed by atoms with Crippen LogP contribution in [-0.2, 0) is 13.1 Å². The van der Waals surface area contributed by atoms with E-state index in [1.807, 2.05) is 37.3 Å². The van der Waals surface area contributed by atoms with E-state index < -0.39 is 0 Å². The monoisotopic (exact) mass is 485 g/mol. The van der Waals surface area contributed by atoms with E-state index in [1.54, 1.807) is 24.3 Å². The summed E-state index contributed by atoms with van der Waals surface area (Å²) in [5.74, 6) is 1.49. The first-order valence-electron chi connectivity index (χ1n) is 10.0. The second-order valence-electron chi connectivity index (χ2n) is 7.87. The SMILES string of the molecule is Cc1c2c(cc3c1O/C(=C\c1ccc(Cl)cc1)C3=O)CN(Cc1ccc(Cl)c(Cl)c1)CO2. The summed E-state index contributed by atoms with van der Waals surface area (Å²) in [6.45, 7) is 3.64. The van der Waals surface area contributed by atoms with Gasteiger partial charge in [-0.15, -0.1) is 0 Å². The smallest absolute Gasteiger partial charge is 0.231 e. The maximum atomic E-state index is 13.0. The highest BCUT2D eigenvalue weighted by Crippen LogP contribution is 2.43. The minimum absolute atomic E-state index is 0.137. The fourth-order valence-electron chi connectivity index (χ4n) is 4.00. The summed E-state index contributed by atoms with van der Waals surface area (Å²) in [5, 5.41) is 1.70. The Morgan fingerprint density at radius 3 is 2.53 bits per heavy atom. The number of ketones is 1. The highest BCUT2D eigenvalue weighted by Gasteiger charge is 2.33. The van der Waals surface area contributed by atoms with Crippen LogP contribution in [0.1, 0.15) is 32.6 Å². The van der Waals surface area contributed by atoms with Crippen molar-refractivity contribution in [2.75, 3.05) is 6.73 Å². The van der Waals surface area contributed by atoms with Gasteiger partial charge in [0, 0.05) is 29.2 Å². The zero-order valence-electron chi connectivity index (χ0n) is 17.1. The molecule has 32 heavy (non-hydrogen) atoms. The van der Waals surface area contributed by atoms with Gasteiger partial charge < -0.3 is 9.47 Å². The maximum absolute atomic E-state index is 13.0. The minimum atomic E-state index is -0.137. The molecule has 162 valence electrons. The van der Waals surface area contributed by atoms with Crippen molar-refractivity contribution >= 4 is 46.7 Å². The Morgan fingerprint density at radius 2 is 1.78 bits per heavy atom. The molecule has 0 bridgehead atoms. The summed E-state index contributed by atoms with van der Waals surface area (Å²) in [7, 11) is 0. The molecule has 2 aliphatic rings. The van der Waals surface area contributed by atoms with E-state index in [9.17, 15) is 4.79 Å². The lowest BCUT2D eigenvalue weighted by Crippen LogP contribution is -2.32. The van der Waals surface area contributed by atoms with E-state index in [1.165, 1.54) is 0 Å². The molecule has 0 amide bonds. The molecule has 7 heteroatoms. The highest BCUT2D eigenvalue weighted by atomic mass is 35.5. The van der Waals surface area contributed by atoms with Crippen LogP contribution in [0, 0.1) is 6.92 Å². The number of hydrogen-bond acceptors (Lipinski definition) is 4. The van der Waals surface area contributed by atoms with E-state index in [-0.39, 0.29) is 5.78 Å². The molecule has 0 unspecified atom stereocenters. The van der Waals surface area contributed by atoms with Crippen molar-refractivity contribution in [3.05, 3.63) is 97.2 Å². The molecule has 0 saturated carbocycles. The number of nitrogens with zero attached hydrogens (tertiary/aromatic N) is 1. The van der Waals surface area contributed by atoms with E-state index in [0.717, 1.165) is 28.0 Å². The second kappa shape index (κ2) is 8.45. The molecule has 0 radical (unpaired) electrons. The van der Waals surface area contributed by atoms with Crippen LogP contribution in [0.5, 0.6) is 11.5 Å². The average molecular weight is 487 g/mol. The third-order valence-electron chi connectivity index (χ3n) is 5.56. The molecule has 5 rings (SSSR count). The Hall–Kier alpha value is -2.50. The molecule has 0 saturated heterocycles. The average Bonchev–Trinajstić information content (AvgIpc) is 3.08. The fourth-order valence-corrected chi connectivity index (χ4v) is 4.45. The first-order valence-corrected chi connectivity index (χ1v) is 11.2. The van der Waals surface area contributed by atoms with Gasteiger partial charge in [0.2, 0.25) is 5.78 Å². The van der Waals surface area contributed by atoms with Crippen LogP contribution in [0.25, 0.3) is 6.08 Å². The van der Waals surface area contributed by atoms with Crippen molar-refractivity contribution in [1.82, 2.24) is 4.90 Å². The molecule has 0 N–H and O–H groups in total. The molecule has 0 aliphatic carbocycles. The molecular formula is C25H18Cl3NO3. The molecule has 0 aromatic heterocycles. The van der Waals surface area contributed by atoms with Gasteiger partial charge in [-0.1, -0.05) is 53.0 Å². The Labute approximate surface area is 200 Å². The number of ether oxygens (including phenoxy) is 2. The van der Waals surface area contributed by atoms with E-state index in [2.05, 4.69) is 4.90 Å². The van der Waals surface area contributed by atoms with Crippen LogP contribution >= 0.6 is 34.8 Å². The van der Waals surface area contributed by atoms with Gasteiger partial charge >= 0.3 is 0 Å². The zero-order valence-corrected chi connectivity index (χ0v) is 19.4. The molecule has 2 heterocycles. The maximum Gasteiger partial charge on any atom is 0.231 e. The van der Waals surface area contributed by atoms with Crippen LogP contribution in [0.15, 0.2) is 54.3 Å². The van der Waals surface area contributed by atoms with Gasteiger partial charge in [-0.05, 0) is 54.5 Å². The van der Waals surface area contributed by atoms with Gasteiger partial charge in [0.25, 0.3) is 0 Å². The number of Topliss-reactive ketones (excluding diaryl/α,β-unsaturated/α-hetero) is 1. The van der Waals surface area contributed by atoms with Gasteiger partial charge in [-0.25, -0.2) is 0 Å². The lowest BCUT2D eigenvalue weighted by Gasteiger charge is -2.30. The van der Waals surface area contributed by atoms with Crippen LogP contribution in [0.3, 0.4) is 0 Å². The normalized spacial score (nSPS) is 16.5. The topological polar surface area (TPSA) is 38.8 Å². The Morgan fingerprint density at radius 1 is 1.00 bits per heavy atom. The third kappa shape index (κ3) is 4.00. The first kappa shape index (κ1) is 21.4. The number of fused-ring (bicyclic) bond motifs is 2. The number of benzene rings is 3. The lowest BCUT2D eigenvalue weighted by atomic mass is 10.00. The standard InChI is InChI=1S/C25H18Cl3NO3/c1-14-24-17(12-29(13-31-24)11-16-4-7-20(27)21(28)8-16)10-19-23(30)22(32-25(14)19)9-15-2-5-18(26)6-3-15/h2-10H,11-13H2,1H3/b22-9-. The predicted molar refractivity (Wildman–Crippen MR) is 127 cm³/mol.